The van der Waals surface area contributed by atoms with Crippen molar-refractivity contribution in [2.75, 3.05) is 7.11 Å². The minimum absolute atomic E-state index is 0.0851. The predicted molar refractivity (Wildman–Crippen MR) is 144 cm³/mol. The molecule has 1 unspecified atom stereocenters. The highest BCUT2D eigenvalue weighted by Gasteiger charge is 2.26. The third-order valence-corrected chi connectivity index (χ3v) is 6.56. The summed E-state index contributed by atoms with van der Waals surface area (Å²) in [6.07, 6.45) is 5.30. The Bertz CT molecular complexity index is 1580. The number of nitrogens with one attached hydrogen (secondary N) is 1. The molecule has 0 bridgehead atoms. The average molecular weight is 495 g/mol. The molecule has 2 aromatic carbocycles. The van der Waals surface area contributed by atoms with Crippen LogP contribution < -0.4 is 10.1 Å². The molecule has 1 amide bonds. The van der Waals surface area contributed by atoms with Crippen LogP contribution in [-0.4, -0.2) is 37.3 Å². The maximum atomic E-state index is 14.0. The summed E-state index contributed by atoms with van der Waals surface area (Å²) in [5.74, 6) is 1.12. The van der Waals surface area contributed by atoms with Crippen molar-refractivity contribution < 1.29 is 9.53 Å². The van der Waals surface area contributed by atoms with Gasteiger partial charge in [-0.25, -0.2) is 14.6 Å². The molecule has 37 heavy (non-hydrogen) atoms. The van der Waals surface area contributed by atoms with Gasteiger partial charge in [-0.2, -0.15) is 5.10 Å². The number of amides is 1. The Balaban J connectivity index is 1.66. The Morgan fingerprint density at radius 2 is 1.84 bits per heavy atom. The van der Waals surface area contributed by atoms with Gasteiger partial charge in [-0.15, -0.1) is 0 Å². The quantitative estimate of drug-likeness (QED) is 0.334. The number of carbonyl (C=O) groups is 1. The van der Waals surface area contributed by atoms with Crippen LogP contribution in [0.25, 0.3) is 22.3 Å². The highest BCUT2D eigenvalue weighted by molar-refractivity contribution is 6.06. The van der Waals surface area contributed by atoms with E-state index in [-0.39, 0.29) is 11.9 Å². The van der Waals surface area contributed by atoms with Crippen LogP contribution >= 0.6 is 0 Å². The third-order valence-electron chi connectivity index (χ3n) is 6.56. The Kier molecular flexibility index (Phi) is 6.48. The molecule has 5 aromatic rings. The van der Waals surface area contributed by atoms with Crippen molar-refractivity contribution in [2.24, 2.45) is 7.05 Å². The van der Waals surface area contributed by atoms with Crippen LogP contribution in [-0.2, 0) is 7.05 Å². The summed E-state index contributed by atoms with van der Waals surface area (Å²) < 4.78 is 9.38. The lowest BCUT2D eigenvalue weighted by molar-refractivity contribution is 0.0942. The second-order valence-electron chi connectivity index (χ2n) is 9.33. The van der Waals surface area contributed by atoms with Gasteiger partial charge >= 0.3 is 0 Å². The highest BCUT2D eigenvalue weighted by Crippen LogP contribution is 2.32. The van der Waals surface area contributed by atoms with Crippen molar-refractivity contribution in [1.82, 2.24) is 29.6 Å². The first-order chi connectivity index (χ1) is 17.9. The van der Waals surface area contributed by atoms with Crippen molar-refractivity contribution in [3.05, 3.63) is 95.7 Å². The number of pyridine rings is 1. The molecule has 0 spiro atoms. The first kappa shape index (κ1) is 24.2. The molecule has 3 heterocycles. The van der Waals surface area contributed by atoms with Crippen LogP contribution in [0.2, 0.25) is 0 Å². The van der Waals surface area contributed by atoms with E-state index in [1.54, 1.807) is 19.5 Å². The summed E-state index contributed by atoms with van der Waals surface area (Å²) in [4.78, 5) is 23.5. The minimum atomic E-state index is -0.533. The van der Waals surface area contributed by atoms with Crippen molar-refractivity contribution in [3.8, 4) is 17.0 Å². The molecular formula is C29H30N6O2. The van der Waals surface area contributed by atoms with Gasteiger partial charge in [0.25, 0.3) is 5.91 Å². The van der Waals surface area contributed by atoms with Gasteiger partial charge in [0, 0.05) is 36.6 Å². The van der Waals surface area contributed by atoms with Gasteiger partial charge in [0.2, 0.25) is 0 Å². The molecule has 1 N–H and O–H groups in total. The number of aryl methyl sites for hydroxylation is 2. The summed E-state index contributed by atoms with van der Waals surface area (Å²) >= 11 is 0. The molecule has 1 atom stereocenters. The molecule has 0 aliphatic carbocycles. The molecule has 188 valence electrons. The van der Waals surface area contributed by atoms with Crippen molar-refractivity contribution >= 4 is 16.9 Å². The standard InChI is InChI=1S/C29H30N6O2/c1-18(2)35-27-23(17-31-35)22(16-24(32-27)20-11-7-6-10-19(20)3)29(36)33-26(28-30-14-15-34(28)4)21-12-8-9-13-25(21)37-5/h6-18,26H,1-5H3,(H,33,36). The number of para-hydroxylation sites is 1. The molecule has 0 fully saturated rings. The van der Waals surface area contributed by atoms with E-state index < -0.39 is 6.04 Å². The van der Waals surface area contributed by atoms with Gasteiger partial charge in [-0.3, -0.25) is 4.79 Å². The molecule has 5 rings (SSSR count). The normalized spacial score (nSPS) is 12.2. The van der Waals surface area contributed by atoms with Gasteiger partial charge in [0.15, 0.2) is 5.65 Å². The van der Waals surface area contributed by atoms with Gasteiger partial charge in [-0.05, 0) is 38.5 Å². The summed E-state index contributed by atoms with van der Waals surface area (Å²) in [5.41, 5.74) is 4.77. The average Bonchev–Trinajstić information content (AvgIpc) is 3.53. The molecule has 0 saturated heterocycles. The summed E-state index contributed by atoms with van der Waals surface area (Å²) in [7, 11) is 3.53. The Morgan fingerprint density at radius 1 is 1.08 bits per heavy atom. The van der Waals surface area contributed by atoms with Crippen LogP contribution in [0.1, 0.15) is 53.2 Å². The number of carbonyl (C=O) groups excluding carboxylic acids is 1. The van der Waals surface area contributed by atoms with Crippen LogP contribution in [0.15, 0.2) is 73.2 Å². The Labute approximate surface area is 215 Å². The first-order valence-corrected chi connectivity index (χ1v) is 12.2. The van der Waals surface area contributed by atoms with Gasteiger partial charge in [0.05, 0.1) is 30.0 Å². The fourth-order valence-corrected chi connectivity index (χ4v) is 4.63. The van der Waals surface area contributed by atoms with Crippen LogP contribution in [0.4, 0.5) is 0 Å². The third kappa shape index (κ3) is 4.46. The number of ether oxygens (including phenoxy) is 1. The number of imidazole rings is 1. The smallest absolute Gasteiger partial charge is 0.253 e. The largest absolute Gasteiger partial charge is 0.496 e. The summed E-state index contributed by atoms with van der Waals surface area (Å²) in [6.45, 7) is 6.14. The number of hydrogen-bond donors (Lipinski definition) is 1. The zero-order valence-corrected chi connectivity index (χ0v) is 21.6. The van der Waals surface area contributed by atoms with Gasteiger partial charge in [-0.1, -0.05) is 42.5 Å². The van der Waals surface area contributed by atoms with E-state index in [0.29, 0.717) is 28.2 Å². The molecule has 8 nitrogen and oxygen atoms in total. The number of nitrogens with zero attached hydrogens (tertiary/aromatic N) is 5. The van der Waals surface area contributed by atoms with Crippen molar-refractivity contribution in [1.29, 1.82) is 0 Å². The first-order valence-electron chi connectivity index (χ1n) is 12.2. The van der Waals surface area contributed by atoms with Crippen LogP contribution in [0, 0.1) is 6.92 Å². The van der Waals surface area contributed by atoms with Crippen molar-refractivity contribution in [3.63, 3.8) is 0 Å². The SMILES string of the molecule is COc1ccccc1C(NC(=O)c1cc(-c2ccccc2C)nc2c1cnn2C(C)C)c1nccn1C. The van der Waals surface area contributed by atoms with E-state index in [1.165, 1.54) is 0 Å². The van der Waals surface area contributed by atoms with Crippen LogP contribution in [0.5, 0.6) is 5.75 Å². The molecule has 3 aromatic heterocycles. The molecular weight excluding hydrogens is 464 g/mol. The summed E-state index contributed by atoms with van der Waals surface area (Å²) in [5, 5.41) is 8.48. The number of fused-ring (bicyclic) bond motifs is 1. The highest BCUT2D eigenvalue weighted by atomic mass is 16.5. The zero-order chi connectivity index (χ0) is 26.1. The van der Waals surface area contributed by atoms with E-state index >= 15 is 0 Å². The topological polar surface area (TPSA) is 86.9 Å². The second kappa shape index (κ2) is 9.89. The molecule has 0 radical (unpaired) electrons. The molecule has 0 aliphatic heterocycles. The van der Waals surface area contributed by atoms with E-state index in [2.05, 4.69) is 15.4 Å². The zero-order valence-electron chi connectivity index (χ0n) is 21.6. The van der Waals surface area contributed by atoms with E-state index in [1.807, 2.05) is 97.9 Å². The fourth-order valence-electron chi connectivity index (χ4n) is 4.63. The van der Waals surface area contributed by atoms with Gasteiger partial charge in [0.1, 0.15) is 17.6 Å². The van der Waals surface area contributed by atoms with E-state index in [4.69, 9.17) is 9.72 Å². The fraction of sp³-hybridized carbons (Fsp3) is 0.241. The number of methoxy groups -OCH3 is 1. The van der Waals surface area contributed by atoms with Crippen LogP contribution in [0.3, 0.4) is 0 Å². The number of aromatic nitrogens is 5. The maximum Gasteiger partial charge on any atom is 0.253 e. The predicted octanol–water partition coefficient (Wildman–Crippen LogP) is 5.25. The van der Waals surface area contributed by atoms with Gasteiger partial charge < -0.3 is 14.6 Å². The summed E-state index contributed by atoms with van der Waals surface area (Å²) in [6, 6.07) is 17.1. The monoisotopic (exact) mass is 494 g/mol. The maximum absolute atomic E-state index is 14.0. The lowest BCUT2D eigenvalue weighted by Gasteiger charge is -2.21. The number of rotatable bonds is 7. The van der Waals surface area contributed by atoms with Crippen molar-refractivity contribution in [2.45, 2.75) is 32.9 Å². The Hall–Kier alpha value is -4.46. The van der Waals surface area contributed by atoms with E-state index in [0.717, 1.165) is 22.4 Å². The second-order valence-corrected chi connectivity index (χ2v) is 9.33. The lowest BCUT2D eigenvalue weighted by Crippen LogP contribution is -2.31. The lowest BCUT2D eigenvalue weighted by atomic mass is 10.0. The number of benzene rings is 2. The minimum Gasteiger partial charge on any atom is -0.496 e. The Morgan fingerprint density at radius 3 is 2.54 bits per heavy atom. The van der Waals surface area contributed by atoms with E-state index in [9.17, 15) is 4.79 Å². The molecule has 0 saturated carbocycles. The molecule has 0 aliphatic rings. The molecule has 8 heteroatoms. The number of hydrogen-bond acceptors (Lipinski definition) is 5.